The topological polar surface area (TPSA) is 135 Å². The van der Waals surface area contributed by atoms with Crippen LogP contribution in [0.5, 0.6) is 0 Å². The summed E-state index contributed by atoms with van der Waals surface area (Å²) in [6.07, 6.45) is 11.8. The molecule has 0 radical (unpaired) electrons. The zero-order valence-corrected chi connectivity index (χ0v) is 16.1. The van der Waals surface area contributed by atoms with Crippen LogP contribution in [0.3, 0.4) is 0 Å². The third-order valence-electron chi connectivity index (χ3n) is 4.10. The lowest BCUT2D eigenvalue weighted by atomic mass is 10.0. The molecule has 0 fully saturated rings. The van der Waals surface area contributed by atoms with Gasteiger partial charge in [0.25, 0.3) is 0 Å². The standard InChI is InChI=1S/C17H35NO6S/c1-2-3-4-5-6-7-8-9-10-11-12-13-16(24-25(21,22)23)17(20)15(18)14-19/h11-12,15-17,19-20H,2-10,13-14,18H2,1H3,(H,21,22,23)/b12-11+/t15-,16+,17-/m1/s1. The van der Waals surface area contributed by atoms with Crippen LogP contribution in [0.25, 0.3) is 0 Å². The smallest absolute Gasteiger partial charge is 0.218 e. The summed E-state index contributed by atoms with van der Waals surface area (Å²) in [6.45, 7) is 1.77. The monoisotopic (exact) mass is 381 g/mol. The minimum atomic E-state index is -4.93. The molecule has 25 heavy (non-hydrogen) atoms. The molecule has 5 N–H and O–H groups in total. The van der Waals surface area contributed by atoms with Gasteiger partial charge in [-0.15, -0.1) is 0 Å². The van der Waals surface area contributed by atoms with Crippen molar-refractivity contribution in [3.8, 4) is 0 Å². The number of unbranched alkanes of at least 4 members (excludes halogenated alkanes) is 8. The van der Waals surface area contributed by atoms with Crippen LogP contribution in [0.1, 0.15) is 71.1 Å². The Bertz CT molecular complexity index is 440. The van der Waals surface area contributed by atoms with Crippen molar-refractivity contribution >= 4 is 10.4 Å². The van der Waals surface area contributed by atoms with E-state index in [-0.39, 0.29) is 6.42 Å². The van der Waals surface area contributed by atoms with Gasteiger partial charge in [0.05, 0.1) is 6.61 Å². The van der Waals surface area contributed by atoms with Gasteiger partial charge in [-0.3, -0.25) is 4.18 Å². The average Bonchev–Trinajstić information content (AvgIpc) is 2.56. The first-order chi connectivity index (χ1) is 11.8. The largest absolute Gasteiger partial charge is 0.726 e. The molecule has 0 saturated carbocycles. The van der Waals surface area contributed by atoms with Gasteiger partial charge in [-0.2, -0.15) is 0 Å². The predicted molar refractivity (Wildman–Crippen MR) is 95.3 cm³/mol. The molecule has 0 aliphatic carbocycles. The Balaban J connectivity index is 4.05. The molecule has 0 heterocycles. The molecule has 7 nitrogen and oxygen atoms in total. The van der Waals surface area contributed by atoms with E-state index >= 15 is 0 Å². The van der Waals surface area contributed by atoms with E-state index in [1.165, 1.54) is 38.5 Å². The zero-order valence-electron chi connectivity index (χ0n) is 15.3. The van der Waals surface area contributed by atoms with Crippen LogP contribution in [-0.4, -0.2) is 48.0 Å². The quantitative estimate of drug-likeness (QED) is 0.159. The van der Waals surface area contributed by atoms with Gasteiger partial charge in [-0.1, -0.05) is 64.0 Å². The van der Waals surface area contributed by atoms with Crippen molar-refractivity contribution in [2.24, 2.45) is 0 Å². The van der Waals surface area contributed by atoms with Crippen molar-refractivity contribution in [3.05, 3.63) is 12.2 Å². The van der Waals surface area contributed by atoms with Gasteiger partial charge in [0.15, 0.2) is 0 Å². The van der Waals surface area contributed by atoms with Crippen molar-refractivity contribution in [2.45, 2.75) is 89.4 Å². The summed E-state index contributed by atoms with van der Waals surface area (Å²) in [5, 5.41) is 18.9. The maximum Gasteiger partial charge on any atom is 0.218 e. The summed E-state index contributed by atoms with van der Waals surface area (Å²) in [6, 6.07) is -0.826. The number of hydrogen-bond donors (Lipinski definition) is 3. The number of rotatable bonds is 16. The molecule has 0 aliphatic heterocycles. The predicted octanol–water partition coefficient (Wildman–Crippen LogP) is 1.27. The summed E-state index contributed by atoms with van der Waals surface area (Å²) in [5.74, 6) is 0. The van der Waals surface area contributed by atoms with Crippen LogP contribution in [0.4, 0.5) is 0 Å². The van der Waals surface area contributed by atoms with Gasteiger partial charge in [-0.05, 0) is 19.3 Å². The van der Waals surface area contributed by atoms with E-state index in [4.69, 9.17) is 5.11 Å². The molecule has 0 aromatic rings. The molecule has 0 aromatic carbocycles. The molecule has 150 valence electrons. The number of quaternary nitrogens is 1. The van der Waals surface area contributed by atoms with E-state index in [1.807, 2.05) is 6.08 Å². The zero-order chi connectivity index (χ0) is 19.1. The molecule has 0 bridgehead atoms. The van der Waals surface area contributed by atoms with Crippen LogP contribution in [-0.2, 0) is 14.6 Å². The van der Waals surface area contributed by atoms with Gasteiger partial charge in [0.2, 0.25) is 10.4 Å². The molecular formula is C17H35NO6S. The van der Waals surface area contributed by atoms with Gasteiger partial charge in [-0.25, -0.2) is 8.42 Å². The van der Waals surface area contributed by atoms with Crippen LogP contribution < -0.4 is 5.73 Å². The summed E-state index contributed by atoms with van der Waals surface area (Å²) < 4.78 is 36.7. The van der Waals surface area contributed by atoms with E-state index in [9.17, 15) is 18.1 Å². The highest BCUT2D eigenvalue weighted by Gasteiger charge is 2.29. The van der Waals surface area contributed by atoms with Gasteiger partial charge in [0, 0.05) is 0 Å². The molecule has 0 amide bonds. The van der Waals surface area contributed by atoms with Crippen LogP contribution in [0.15, 0.2) is 12.2 Å². The first-order valence-corrected chi connectivity index (χ1v) is 10.6. The third-order valence-corrected chi connectivity index (χ3v) is 4.58. The Morgan fingerprint density at radius 1 is 1.08 bits per heavy atom. The maximum atomic E-state index is 10.8. The van der Waals surface area contributed by atoms with Crippen molar-refractivity contribution in [2.75, 3.05) is 6.61 Å². The van der Waals surface area contributed by atoms with E-state index in [0.717, 1.165) is 19.3 Å². The van der Waals surface area contributed by atoms with Crippen molar-refractivity contribution in [3.63, 3.8) is 0 Å². The van der Waals surface area contributed by atoms with E-state index < -0.39 is 35.3 Å². The molecule has 0 spiro atoms. The fraction of sp³-hybridized carbons (Fsp3) is 0.882. The lowest BCUT2D eigenvalue weighted by Gasteiger charge is -2.24. The Morgan fingerprint density at radius 3 is 2.16 bits per heavy atom. The second kappa shape index (κ2) is 14.6. The molecular weight excluding hydrogens is 346 g/mol. The number of hydrogen-bond acceptors (Lipinski definition) is 6. The summed E-state index contributed by atoms with van der Waals surface area (Å²) in [5.41, 5.74) is 3.51. The van der Waals surface area contributed by atoms with Crippen LogP contribution >= 0.6 is 0 Å². The fourth-order valence-electron chi connectivity index (χ4n) is 2.54. The molecule has 0 unspecified atom stereocenters. The number of aliphatic hydroxyl groups is 2. The molecule has 0 aliphatic rings. The highest BCUT2D eigenvalue weighted by atomic mass is 32.3. The average molecular weight is 382 g/mol. The summed E-state index contributed by atoms with van der Waals surface area (Å²) in [7, 11) is -4.93. The highest BCUT2D eigenvalue weighted by molar-refractivity contribution is 7.80. The van der Waals surface area contributed by atoms with Crippen LogP contribution in [0.2, 0.25) is 0 Å². The Kier molecular flexibility index (Phi) is 14.3. The van der Waals surface area contributed by atoms with Crippen LogP contribution in [0, 0.1) is 0 Å². The van der Waals surface area contributed by atoms with Gasteiger partial charge < -0.3 is 20.5 Å². The lowest BCUT2D eigenvalue weighted by molar-refractivity contribution is -0.446. The second-order valence-corrected chi connectivity index (χ2v) is 7.46. The molecule has 0 saturated heterocycles. The Morgan fingerprint density at radius 2 is 1.64 bits per heavy atom. The van der Waals surface area contributed by atoms with E-state index in [1.54, 1.807) is 6.08 Å². The third kappa shape index (κ3) is 14.4. The Labute approximate surface area is 152 Å². The second-order valence-electron chi connectivity index (χ2n) is 6.45. The first kappa shape index (κ1) is 24.5. The van der Waals surface area contributed by atoms with Crippen molar-refractivity contribution in [1.82, 2.24) is 0 Å². The minimum absolute atomic E-state index is 0.0751. The SMILES string of the molecule is CCCCCCCCCC/C=C/C[C@H](OS(=O)(=O)[O-])[C@H](O)[C@H]([NH3+])CO. The van der Waals surface area contributed by atoms with E-state index in [2.05, 4.69) is 16.8 Å². The normalized spacial score (nSPS) is 16.2. The molecule has 0 rings (SSSR count). The first-order valence-electron chi connectivity index (χ1n) is 9.23. The van der Waals surface area contributed by atoms with Crippen molar-refractivity contribution in [1.29, 1.82) is 0 Å². The fourth-order valence-corrected chi connectivity index (χ4v) is 3.04. The highest BCUT2D eigenvalue weighted by Crippen LogP contribution is 2.13. The van der Waals surface area contributed by atoms with Gasteiger partial charge >= 0.3 is 0 Å². The maximum absolute atomic E-state index is 10.8. The molecule has 3 atom stereocenters. The minimum Gasteiger partial charge on any atom is -0.726 e. The Hall–Kier alpha value is -0.510. The lowest BCUT2D eigenvalue weighted by Crippen LogP contribution is -2.70. The van der Waals surface area contributed by atoms with Gasteiger partial charge in [0.1, 0.15) is 18.2 Å². The van der Waals surface area contributed by atoms with Crippen molar-refractivity contribution < 1.29 is 33.1 Å². The molecule has 0 aromatic heterocycles. The number of aliphatic hydroxyl groups excluding tert-OH is 2. The van der Waals surface area contributed by atoms with E-state index in [0.29, 0.717) is 0 Å². The molecule has 8 heteroatoms. The summed E-state index contributed by atoms with van der Waals surface area (Å²) in [4.78, 5) is 0. The summed E-state index contributed by atoms with van der Waals surface area (Å²) >= 11 is 0. The number of allylic oxidation sites excluding steroid dienone is 1.